The van der Waals surface area contributed by atoms with E-state index >= 15 is 0 Å². The summed E-state index contributed by atoms with van der Waals surface area (Å²) in [5, 5.41) is 8.90. The van der Waals surface area contributed by atoms with Gasteiger partial charge in [-0.3, -0.25) is 9.20 Å². The van der Waals surface area contributed by atoms with Gasteiger partial charge in [0.15, 0.2) is 11.0 Å². The Morgan fingerprint density at radius 2 is 1.92 bits per heavy atom. The van der Waals surface area contributed by atoms with Crippen LogP contribution in [-0.4, -0.2) is 26.4 Å². The van der Waals surface area contributed by atoms with E-state index in [1.165, 1.54) is 24.2 Å². The lowest BCUT2D eigenvalue weighted by Gasteiger charge is -2.15. The van der Waals surface area contributed by atoms with E-state index in [2.05, 4.69) is 22.5 Å². The fourth-order valence-corrected chi connectivity index (χ4v) is 4.94. The minimum atomic E-state index is -0.220. The predicted octanol–water partition coefficient (Wildman–Crippen LogP) is 6.21. The van der Waals surface area contributed by atoms with Crippen LogP contribution in [0, 0.1) is 5.92 Å². The van der Waals surface area contributed by atoms with Crippen LogP contribution in [0.5, 0.6) is 5.88 Å². The summed E-state index contributed by atoms with van der Waals surface area (Å²) in [6, 6.07) is 20.3. The molecule has 0 radical (unpaired) electrons. The summed E-state index contributed by atoms with van der Waals surface area (Å²) in [4.78, 5) is 21.9. The number of benzene rings is 2. The van der Waals surface area contributed by atoms with E-state index in [1.807, 2.05) is 58.4 Å². The fourth-order valence-electron chi connectivity index (χ4n) is 4.21. The van der Waals surface area contributed by atoms with Crippen molar-refractivity contribution in [3.05, 3.63) is 83.9 Å². The number of anilines is 4. The first-order valence-electron chi connectivity index (χ1n) is 12.2. The monoisotopic (exact) mass is 510 g/mol. The van der Waals surface area contributed by atoms with E-state index in [0.717, 1.165) is 33.7 Å². The predicted molar refractivity (Wildman–Crippen MR) is 148 cm³/mol. The van der Waals surface area contributed by atoms with Gasteiger partial charge in [0, 0.05) is 16.6 Å². The molecule has 0 aliphatic heterocycles. The molecule has 9 heteroatoms. The number of amides is 1. The minimum absolute atomic E-state index is 0.170. The summed E-state index contributed by atoms with van der Waals surface area (Å²) >= 11 is 1.50. The van der Waals surface area contributed by atoms with Gasteiger partial charge in [0.05, 0.1) is 23.3 Å². The summed E-state index contributed by atoms with van der Waals surface area (Å²) in [6.07, 6.45) is 4.45. The van der Waals surface area contributed by atoms with Crippen molar-refractivity contribution in [1.29, 1.82) is 0 Å². The van der Waals surface area contributed by atoms with Crippen LogP contribution in [-0.2, 0) is 0 Å². The Hall–Kier alpha value is -4.37. The van der Waals surface area contributed by atoms with Crippen LogP contribution < -0.4 is 21.1 Å². The molecule has 3 heterocycles. The number of hydrogen-bond donors (Lipinski definition) is 3. The van der Waals surface area contributed by atoms with Crippen molar-refractivity contribution in [2.45, 2.75) is 25.9 Å². The highest BCUT2D eigenvalue weighted by molar-refractivity contribution is 7.14. The van der Waals surface area contributed by atoms with Gasteiger partial charge in [-0.2, -0.15) is 0 Å². The average Bonchev–Trinajstić information content (AvgIpc) is 3.51. The summed E-state index contributed by atoms with van der Waals surface area (Å²) < 4.78 is 8.31. The van der Waals surface area contributed by atoms with Gasteiger partial charge in [-0.05, 0) is 74.2 Å². The van der Waals surface area contributed by atoms with Crippen LogP contribution in [0.3, 0.4) is 0 Å². The van der Waals surface area contributed by atoms with Crippen molar-refractivity contribution in [2.24, 2.45) is 5.92 Å². The molecule has 0 bridgehead atoms. The number of pyridine rings is 1. The van der Waals surface area contributed by atoms with Crippen molar-refractivity contribution >= 4 is 45.1 Å². The van der Waals surface area contributed by atoms with Gasteiger partial charge >= 0.3 is 0 Å². The smallest absolute Gasteiger partial charge is 0.255 e. The quantitative estimate of drug-likeness (QED) is 0.214. The highest BCUT2D eigenvalue weighted by Gasteiger charge is 2.30. The van der Waals surface area contributed by atoms with Gasteiger partial charge < -0.3 is 21.1 Å². The number of hydrogen-bond acceptors (Lipinski definition) is 7. The molecule has 3 aromatic heterocycles. The molecule has 1 aliphatic carbocycles. The largest absolute Gasteiger partial charge is 0.475 e. The van der Waals surface area contributed by atoms with Crippen molar-refractivity contribution in [1.82, 2.24) is 14.4 Å². The maximum Gasteiger partial charge on any atom is 0.255 e. The Morgan fingerprint density at radius 1 is 1.11 bits per heavy atom. The third kappa shape index (κ3) is 4.85. The molecule has 2 aromatic carbocycles. The van der Waals surface area contributed by atoms with Crippen LogP contribution in [0.4, 0.5) is 22.2 Å². The molecule has 6 rings (SSSR count). The molecule has 1 unspecified atom stereocenters. The average molecular weight is 511 g/mol. The van der Waals surface area contributed by atoms with E-state index < -0.39 is 0 Å². The minimum Gasteiger partial charge on any atom is -0.475 e. The van der Waals surface area contributed by atoms with E-state index in [-0.39, 0.29) is 12.0 Å². The maximum absolute atomic E-state index is 12.6. The third-order valence-electron chi connectivity index (χ3n) is 6.46. The Bertz CT molecular complexity index is 1570. The van der Waals surface area contributed by atoms with E-state index in [9.17, 15) is 4.79 Å². The lowest BCUT2D eigenvalue weighted by Crippen LogP contribution is -2.15. The van der Waals surface area contributed by atoms with Crippen molar-refractivity contribution in [3.8, 4) is 17.3 Å². The number of nitrogens with zero attached hydrogens (tertiary/aromatic N) is 3. The Balaban J connectivity index is 1.17. The molecule has 0 saturated heterocycles. The molecule has 1 amide bonds. The number of nitrogen functional groups attached to an aromatic ring is 1. The maximum atomic E-state index is 12.6. The fraction of sp³-hybridized carbons (Fsp3) is 0.179. The first-order valence-corrected chi connectivity index (χ1v) is 13.0. The van der Waals surface area contributed by atoms with Gasteiger partial charge in [-0.25, -0.2) is 9.97 Å². The summed E-state index contributed by atoms with van der Waals surface area (Å²) in [5.41, 5.74) is 10.9. The number of rotatable bonds is 8. The van der Waals surface area contributed by atoms with Gasteiger partial charge in [0.25, 0.3) is 5.91 Å². The van der Waals surface area contributed by atoms with E-state index in [4.69, 9.17) is 15.5 Å². The Kier molecular flexibility index (Phi) is 5.97. The molecule has 5 aromatic rings. The Morgan fingerprint density at radius 3 is 2.70 bits per heavy atom. The van der Waals surface area contributed by atoms with Crippen LogP contribution in [0.2, 0.25) is 0 Å². The molecule has 1 aliphatic rings. The highest BCUT2D eigenvalue weighted by atomic mass is 32.1. The third-order valence-corrected chi connectivity index (χ3v) is 7.22. The van der Waals surface area contributed by atoms with Crippen molar-refractivity contribution in [2.75, 3.05) is 16.4 Å². The number of fused-ring (bicyclic) bond motifs is 1. The first kappa shape index (κ1) is 23.1. The summed E-state index contributed by atoms with van der Waals surface area (Å²) in [6.45, 7) is 2.13. The second-order valence-electron chi connectivity index (χ2n) is 9.14. The summed E-state index contributed by atoms with van der Waals surface area (Å²) in [7, 11) is 0. The topological polar surface area (TPSA) is 107 Å². The number of para-hydroxylation sites is 2. The first-order chi connectivity index (χ1) is 18.0. The lowest BCUT2D eigenvalue weighted by molar-refractivity contribution is 0.102. The molecule has 186 valence electrons. The van der Waals surface area contributed by atoms with Crippen LogP contribution in [0.25, 0.3) is 17.0 Å². The standard InChI is InChI=1S/C28H26N6O2S/c1-17(18-9-10-18)36-26-8-4-7-25-30-15-24(34(25)26)23-16-37-28(33-23)31-20-13-11-19(12-14-20)27(35)32-22-6-3-2-5-21(22)29/h2-8,11-18H,9-10,29H2,1H3,(H,31,33)(H,32,35). The molecular weight excluding hydrogens is 484 g/mol. The number of aromatic nitrogens is 3. The zero-order chi connectivity index (χ0) is 25.4. The number of thiazole rings is 1. The zero-order valence-electron chi connectivity index (χ0n) is 20.2. The lowest BCUT2D eigenvalue weighted by atomic mass is 10.2. The van der Waals surface area contributed by atoms with Crippen LogP contribution >= 0.6 is 11.3 Å². The second kappa shape index (κ2) is 9.59. The van der Waals surface area contributed by atoms with E-state index in [1.54, 1.807) is 24.3 Å². The number of ether oxygens (including phenoxy) is 1. The molecule has 0 spiro atoms. The van der Waals surface area contributed by atoms with E-state index in [0.29, 0.717) is 22.9 Å². The van der Waals surface area contributed by atoms with Crippen molar-refractivity contribution < 1.29 is 9.53 Å². The number of carbonyl (C=O) groups is 1. The normalized spacial score (nSPS) is 13.9. The SMILES string of the molecule is CC(Oc1cccc2ncc(-c3csc(Nc4ccc(C(=O)Nc5ccccc5N)cc4)n3)n12)C1CC1. The molecule has 1 saturated carbocycles. The molecule has 1 atom stereocenters. The molecule has 37 heavy (non-hydrogen) atoms. The van der Waals surface area contributed by atoms with Crippen LogP contribution in [0.15, 0.2) is 78.3 Å². The molecular formula is C28H26N6O2S. The van der Waals surface area contributed by atoms with Gasteiger partial charge in [-0.15, -0.1) is 11.3 Å². The molecule has 8 nitrogen and oxygen atoms in total. The highest BCUT2D eigenvalue weighted by Crippen LogP contribution is 2.36. The van der Waals surface area contributed by atoms with Crippen molar-refractivity contribution in [3.63, 3.8) is 0 Å². The van der Waals surface area contributed by atoms with Crippen LogP contribution in [0.1, 0.15) is 30.1 Å². The van der Waals surface area contributed by atoms with Gasteiger partial charge in [0.1, 0.15) is 17.4 Å². The van der Waals surface area contributed by atoms with Gasteiger partial charge in [-0.1, -0.05) is 18.2 Å². The number of nitrogens with one attached hydrogen (secondary N) is 2. The number of nitrogens with two attached hydrogens (primary N) is 1. The molecule has 4 N–H and O–H groups in total. The summed E-state index contributed by atoms with van der Waals surface area (Å²) in [5.74, 6) is 1.19. The second-order valence-corrected chi connectivity index (χ2v) is 10.0. The molecule has 1 fully saturated rings. The zero-order valence-corrected chi connectivity index (χ0v) is 21.0. The number of imidazole rings is 1. The van der Waals surface area contributed by atoms with Gasteiger partial charge in [0.2, 0.25) is 0 Å². The number of carbonyl (C=O) groups excluding carboxylic acids is 1. The Labute approximate surface area is 218 Å².